The molecule has 1 aromatic rings. The zero-order chi connectivity index (χ0) is 13.0. The van der Waals surface area contributed by atoms with Gasteiger partial charge in [0.15, 0.2) is 0 Å². The van der Waals surface area contributed by atoms with Crippen LogP contribution in [0.1, 0.15) is 18.4 Å². The molecule has 100 valence electrons. The second-order valence-corrected chi connectivity index (χ2v) is 4.36. The van der Waals surface area contributed by atoms with Crippen molar-refractivity contribution in [2.45, 2.75) is 19.0 Å². The second-order valence-electron chi connectivity index (χ2n) is 4.36. The normalized spacial score (nSPS) is 20.7. The molecule has 18 heavy (non-hydrogen) atoms. The number of alkyl halides is 3. The molecule has 0 aliphatic carbocycles. The summed E-state index contributed by atoms with van der Waals surface area (Å²) in [6.07, 6.45) is -1.09. The lowest BCUT2D eigenvalue weighted by atomic mass is 10.0. The lowest BCUT2D eigenvalue weighted by Gasteiger charge is -2.23. The molecule has 0 spiro atoms. The number of hydrogen-bond acceptors (Lipinski definition) is 3. The Morgan fingerprint density at radius 3 is 2.94 bits per heavy atom. The topological polar surface area (TPSA) is 34.2 Å². The van der Waals surface area contributed by atoms with Gasteiger partial charge in [0.1, 0.15) is 5.82 Å². The predicted octanol–water partition coefficient (Wildman–Crippen LogP) is 2.94. The van der Waals surface area contributed by atoms with Crippen LogP contribution >= 0.6 is 0 Å². The van der Waals surface area contributed by atoms with Gasteiger partial charge in [-0.1, -0.05) is 0 Å². The van der Waals surface area contributed by atoms with E-state index in [0.717, 1.165) is 25.5 Å². The van der Waals surface area contributed by atoms with E-state index < -0.39 is 11.7 Å². The van der Waals surface area contributed by atoms with Crippen LogP contribution in [0, 0.1) is 5.92 Å². The van der Waals surface area contributed by atoms with Crippen LogP contribution in [0.15, 0.2) is 18.3 Å². The van der Waals surface area contributed by atoms with E-state index in [4.69, 9.17) is 4.74 Å². The minimum absolute atomic E-state index is 0.101. The van der Waals surface area contributed by atoms with Crippen molar-refractivity contribution in [3.8, 4) is 0 Å². The van der Waals surface area contributed by atoms with E-state index >= 15 is 0 Å². The highest BCUT2D eigenvalue weighted by Crippen LogP contribution is 2.33. The molecular weight excluding hydrogens is 245 g/mol. The molecule has 0 amide bonds. The molecule has 0 radical (unpaired) electrons. The molecule has 0 saturated carbocycles. The fourth-order valence-corrected chi connectivity index (χ4v) is 1.98. The number of aromatic nitrogens is 1. The average Bonchev–Trinajstić information content (AvgIpc) is 2.37. The first-order valence-corrected chi connectivity index (χ1v) is 5.91. The van der Waals surface area contributed by atoms with E-state index in [1.54, 1.807) is 0 Å². The van der Waals surface area contributed by atoms with E-state index in [0.29, 0.717) is 13.2 Å². The molecule has 6 heteroatoms. The quantitative estimate of drug-likeness (QED) is 0.907. The number of hydrogen-bond donors (Lipinski definition) is 1. The van der Waals surface area contributed by atoms with Gasteiger partial charge in [-0.2, -0.15) is 13.2 Å². The van der Waals surface area contributed by atoms with Gasteiger partial charge in [-0.25, -0.2) is 4.98 Å². The van der Waals surface area contributed by atoms with Gasteiger partial charge in [0.25, 0.3) is 0 Å². The number of nitrogens with zero attached hydrogens (tertiary/aromatic N) is 1. The third-order valence-electron chi connectivity index (χ3n) is 2.93. The van der Waals surface area contributed by atoms with Crippen molar-refractivity contribution in [2.24, 2.45) is 5.92 Å². The summed E-state index contributed by atoms with van der Waals surface area (Å²) in [4.78, 5) is 3.76. The maximum atomic E-state index is 12.7. The predicted molar refractivity (Wildman–Crippen MR) is 61.3 cm³/mol. The van der Waals surface area contributed by atoms with Crippen molar-refractivity contribution < 1.29 is 17.9 Å². The van der Waals surface area contributed by atoms with E-state index in [1.165, 1.54) is 12.3 Å². The Labute approximate surface area is 103 Å². The van der Waals surface area contributed by atoms with Gasteiger partial charge in [0.2, 0.25) is 0 Å². The molecular formula is C12H15F3N2O. The number of pyridine rings is 1. The zero-order valence-corrected chi connectivity index (χ0v) is 9.83. The summed E-state index contributed by atoms with van der Waals surface area (Å²) in [5.74, 6) is 0.150. The Kier molecular flexibility index (Phi) is 4.06. The summed E-state index contributed by atoms with van der Waals surface area (Å²) >= 11 is 0. The lowest BCUT2D eigenvalue weighted by molar-refractivity contribution is -0.137. The molecule has 2 heterocycles. The average molecular weight is 260 g/mol. The van der Waals surface area contributed by atoms with Gasteiger partial charge >= 0.3 is 6.18 Å². The van der Waals surface area contributed by atoms with Gasteiger partial charge in [-0.15, -0.1) is 0 Å². The van der Waals surface area contributed by atoms with Gasteiger partial charge in [0, 0.05) is 19.3 Å². The van der Waals surface area contributed by atoms with E-state index in [-0.39, 0.29) is 11.7 Å². The van der Waals surface area contributed by atoms with Crippen molar-refractivity contribution in [1.82, 2.24) is 4.98 Å². The molecule has 3 nitrogen and oxygen atoms in total. The van der Waals surface area contributed by atoms with Crippen molar-refractivity contribution in [1.29, 1.82) is 0 Å². The highest BCUT2D eigenvalue weighted by Gasteiger charge is 2.34. The van der Waals surface area contributed by atoms with Crippen LogP contribution in [0.5, 0.6) is 0 Å². The molecule has 1 aliphatic heterocycles. The third-order valence-corrected chi connectivity index (χ3v) is 2.93. The summed E-state index contributed by atoms with van der Waals surface area (Å²) in [6.45, 7) is 1.80. The van der Waals surface area contributed by atoms with E-state index in [9.17, 15) is 13.2 Å². The molecule has 1 unspecified atom stereocenters. The first-order chi connectivity index (χ1) is 8.57. The standard InChI is InChI=1S/C12H15F3N2O/c13-12(14,15)10-4-1-5-16-11(10)17-7-9-3-2-6-18-8-9/h1,4-5,9H,2-3,6-8H2,(H,16,17). The second kappa shape index (κ2) is 5.56. The number of anilines is 1. The Hall–Kier alpha value is -1.30. The number of rotatable bonds is 3. The summed E-state index contributed by atoms with van der Waals surface area (Å²) in [5, 5.41) is 2.78. The van der Waals surface area contributed by atoms with Gasteiger partial charge in [0.05, 0.1) is 12.2 Å². The Morgan fingerprint density at radius 1 is 1.44 bits per heavy atom. The van der Waals surface area contributed by atoms with Crippen LogP contribution < -0.4 is 5.32 Å². The minimum Gasteiger partial charge on any atom is -0.381 e. The molecule has 1 fully saturated rings. The van der Waals surface area contributed by atoms with Crippen molar-refractivity contribution in [3.05, 3.63) is 23.9 Å². The van der Waals surface area contributed by atoms with Gasteiger partial charge < -0.3 is 10.1 Å². The Balaban J connectivity index is 2.00. The Morgan fingerprint density at radius 2 is 2.28 bits per heavy atom. The third kappa shape index (κ3) is 3.35. The summed E-state index contributed by atoms with van der Waals surface area (Å²) in [5.41, 5.74) is -0.721. The van der Waals surface area contributed by atoms with Crippen molar-refractivity contribution >= 4 is 5.82 Å². The van der Waals surface area contributed by atoms with E-state index in [1.807, 2.05) is 0 Å². The van der Waals surface area contributed by atoms with Crippen LogP contribution in [0.3, 0.4) is 0 Å². The molecule has 1 aliphatic rings. The molecule has 1 N–H and O–H groups in total. The SMILES string of the molecule is FC(F)(F)c1cccnc1NCC1CCCOC1. The van der Waals surface area contributed by atoms with Gasteiger partial charge in [-0.3, -0.25) is 0 Å². The summed E-state index contributed by atoms with van der Waals surface area (Å²) in [7, 11) is 0. The van der Waals surface area contributed by atoms with Crippen LogP contribution in [-0.2, 0) is 10.9 Å². The summed E-state index contributed by atoms with van der Waals surface area (Å²) < 4.78 is 43.4. The monoisotopic (exact) mass is 260 g/mol. The number of halogens is 3. The highest BCUT2D eigenvalue weighted by molar-refractivity contribution is 5.45. The molecule has 2 rings (SSSR count). The van der Waals surface area contributed by atoms with Crippen molar-refractivity contribution in [2.75, 3.05) is 25.1 Å². The largest absolute Gasteiger partial charge is 0.419 e. The first kappa shape index (κ1) is 13.1. The fourth-order valence-electron chi connectivity index (χ4n) is 1.98. The first-order valence-electron chi connectivity index (χ1n) is 5.91. The number of nitrogens with one attached hydrogen (secondary N) is 1. The molecule has 0 bridgehead atoms. The van der Waals surface area contributed by atoms with Crippen LogP contribution in [-0.4, -0.2) is 24.7 Å². The summed E-state index contributed by atoms with van der Waals surface area (Å²) in [6, 6.07) is 2.32. The maximum Gasteiger partial charge on any atom is 0.419 e. The molecule has 1 atom stereocenters. The zero-order valence-electron chi connectivity index (χ0n) is 9.83. The smallest absolute Gasteiger partial charge is 0.381 e. The van der Waals surface area contributed by atoms with Crippen LogP contribution in [0.25, 0.3) is 0 Å². The van der Waals surface area contributed by atoms with Crippen molar-refractivity contribution in [3.63, 3.8) is 0 Å². The molecule has 1 saturated heterocycles. The number of ether oxygens (including phenoxy) is 1. The Bertz CT molecular complexity index is 389. The molecule has 0 aromatic carbocycles. The minimum atomic E-state index is -4.38. The maximum absolute atomic E-state index is 12.7. The van der Waals surface area contributed by atoms with Crippen LogP contribution in [0.4, 0.5) is 19.0 Å². The highest BCUT2D eigenvalue weighted by atomic mass is 19.4. The van der Waals surface area contributed by atoms with Crippen LogP contribution in [0.2, 0.25) is 0 Å². The fraction of sp³-hybridized carbons (Fsp3) is 0.583. The lowest BCUT2D eigenvalue weighted by Crippen LogP contribution is -2.25. The van der Waals surface area contributed by atoms with Gasteiger partial charge in [-0.05, 0) is 30.9 Å². The van der Waals surface area contributed by atoms with E-state index in [2.05, 4.69) is 10.3 Å². The molecule has 1 aromatic heterocycles.